The lowest BCUT2D eigenvalue weighted by atomic mass is 9.94. The Morgan fingerprint density at radius 3 is 2.22 bits per heavy atom. The molecule has 0 radical (unpaired) electrons. The molecule has 0 saturated heterocycles. The second-order valence-corrected chi connectivity index (χ2v) is 5.29. The third-order valence-electron chi connectivity index (χ3n) is 2.59. The number of carbonyl (C=O) groups excluding carboxylic acids is 2. The molecular weight excluding hydrogens is 256 g/mol. The molecule has 0 aromatic carbocycles. The van der Waals surface area contributed by atoms with Crippen molar-refractivity contribution >= 4 is 23.4 Å². The van der Waals surface area contributed by atoms with Crippen LogP contribution in [-0.2, 0) is 14.3 Å². The summed E-state index contributed by atoms with van der Waals surface area (Å²) in [4.78, 5) is 26.9. The highest BCUT2D eigenvalue weighted by atomic mass is 35.5. The van der Waals surface area contributed by atoms with Gasteiger partial charge in [-0.2, -0.15) is 0 Å². The van der Waals surface area contributed by atoms with Crippen LogP contribution in [0.2, 0.25) is 0 Å². The Labute approximate surface area is 114 Å². The van der Waals surface area contributed by atoms with Gasteiger partial charge in [0.15, 0.2) is 0 Å². The first-order valence-corrected chi connectivity index (χ1v) is 6.34. The maximum absolute atomic E-state index is 12.3. The van der Waals surface area contributed by atoms with Crippen LogP contribution in [0.4, 0.5) is 0 Å². The first-order valence-electron chi connectivity index (χ1n) is 5.80. The number of methoxy groups -OCH3 is 1. The zero-order valence-electron chi connectivity index (χ0n) is 11.8. The van der Waals surface area contributed by atoms with Gasteiger partial charge in [-0.3, -0.25) is 9.59 Å². The van der Waals surface area contributed by atoms with Crippen molar-refractivity contribution in [2.75, 3.05) is 46.8 Å². The Hall–Kier alpha value is -0.810. The zero-order valence-corrected chi connectivity index (χ0v) is 12.6. The van der Waals surface area contributed by atoms with Crippen molar-refractivity contribution < 1.29 is 14.3 Å². The molecular formula is C12H23ClN2O3. The van der Waals surface area contributed by atoms with Gasteiger partial charge in [-0.1, -0.05) is 0 Å². The normalized spacial score (nSPS) is 11.2. The molecule has 0 rings (SSSR count). The standard InChI is InChI=1S/C12H23ClN2O3/c1-12(2,9-13)11(17)15(6-7-18-5)8-10(16)14(3)4/h6-9H2,1-5H3. The van der Waals surface area contributed by atoms with Crippen LogP contribution >= 0.6 is 11.6 Å². The van der Waals surface area contributed by atoms with Gasteiger partial charge in [-0.05, 0) is 13.8 Å². The average Bonchev–Trinajstić information content (AvgIpc) is 2.32. The average molecular weight is 279 g/mol. The van der Waals surface area contributed by atoms with E-state index in [-0.39, 0.29) is 24.2 Å². The summed E-state index contributed by atoms with van der Waals surface area (Å²) >= 11 is 5.79. The van der Waals surface area contributed by atoms with Crippen molar-refractivity contribution in [3.63, 3.8) is 0 Å². The molecule has 5 nitrogen and oxygen atoms in total. The van der Waals surface area contributed by atoms with Gasteiger partial charge in [0.05, 0.1) is 18.6 Å². The third kappa shape index (κ3) is 5.23. The van der Waals surface area contributed by atoms with Crippen LogP contribution < -0.4 is 0 Å². The topological polar surface area (TPSA) is 49.9 Å². The fraction of sp³-hybridized carbons (Fsp3) is 0.833. The quantitative estimate of drug-likeness (QED) is 0.648. The van der Waals surface area contributed by atoms with Gasteiger partial charge in [-0.25, -0.2) is 0 Å². The molecule has 0 spiro atoms. The smallest absolute Gasteiger partial charge is 0.241 e. The first-order chi connectivity index (χ1) is 8.26. The third-order valence-corrected chi connectivity index (χ3v) is 3.26. The Morgan fingerprint density at radius 1 is 1.28 bits per heavy atom. The van der Waals surface area contributed by atoms with Crippen LogP contribution in [0.1, 0.15) is 13.8 Å². The SMILES string of the molecule is COCCN(CC(=O)N(C)C)C(=O)C(C)(C)CCl. The highest BCUT2D eigenvalue weighted by Gasteiger charge is 2.32. The summed E-state index contributed by atoms with van der Waals surface area (Å²) in [7, 11) is 4.88. The monoisotopic (exact) mass is 278 g/mol. The molecule has 18 heavy (non-hydrogen) atoms. The van der Waals surface area contributed by atoms with Gasteiger partial charge in [0, 0.05) is 33.6 Å². The van der Waals surface area contributed by atoms with E-state index >= 15 is 0 Å². The number of amides is 2. The zero-order chi connectivity index (χ0) is 14.3. The molecule has 0 aliphatic heterocycles. The van der Waals surface area contributed by atoms with Crippen LogP contribution in [0.15, 0.2) is 0 Å². The van der Waals surface area contributed by atoms with Crippen LogP contribution in [-0.4, -0.2) is 68.4 Å². The van der Waals surface area contributed by atoms with Gasteiger partial charge in [-0.15, -0.1) is 11.6 Å². The van der Waals surface area contributed by atoms with Gasteiger partial charge in [0.25, 0.3) is 0 Å². The van der Waals surface area contributed by atoms with E-state index in [0.717, 1.165) is 0 Å². The van der Waals surface area contributed by atoms with Crippen molar-refractivity contribution in [3.05, 3.63) is 0 Å². The molecule has 0 unspecified atom stereocenters. The van der Waals surface area contributed by atoms with Crippen molar-refractivity contribution in [1.82, 2.24) is 9.80 Å². The van der Waals surface area contributed by atoms with E-state index in [0.29, 0.717) is 13.2 Å². The molecule has 6 heteroatoms. The minimum absolute atomic E-state index is 0.0511. The summed E-state index contributed by atoms with van der Waals surface area (Å²) < 4.78 is 4.96. The molecule has 0 atom stereocenters. The minimum Gasteiger partial charge on any atom is -0.383 e. The largest absolute Gasteiger partial charge is 0.383 e. The summed E-state index contributed by atoms with van der Waals surface area (Å²) in [5.41, 5.74) is -0.679. The van der Waals surface area contributed by atoms with E-state index in [1.165, 1.54) is 9.80 Å². The summed E-state index contributed by atoms with van der Waals surface area (Å²) in [6.45, 7) is 4.36. The lowest BCUT2D eigenvalue weighted by molar-refractivity contribution is -0.145. The molecule has 0 heterocycles. The van der Waals surface area contributed by atoms with Crippen LogP contribution in [0.5, 0.6) is 0 Å². The number of rotatable bonds is 7. The fourth-order valence-corrected chi connectivity index (χ4v) is 1.36. The summed E-state index contributed by atoms with van der Waals surface area (Å²) in [6, 6.07) is 0. The lowest BCUT2D eigenvalue weighted by Gasteiger charge is -2.30. The molecule has 0 aromatic heterocycles. The molecule has 0 aliphatic rings. The maximum Gasteiger partial charge on any atom is 0.241 e. The van der Waals surface area contributed by atoms with Crippen LogP contribution in [0, 0.1) is 5.41 Å². The number of likely N-dealkylation sites (N-methyl/N-ethyl adjacent to an activating group) is 1. The van der Waals surface area contributed by atoms with E-state index in [1.54, 1.807) is 35.1 Å². The molecule has 0 fully saturated rings. The Morgan fingerprint density at radius 2 is 1.83 bits per heavy atom. The Balaban J connectivity index is 4.77. The number of hydrogen-bond donors (Lipinski definition) is 0. The predicted molar refractivity (Wildman–Crippen MR) is 71.7 cm³/mol. The van der Waals surface area contributed by atoms with Gasteiger partial charge in [0.1, 0.15) is 0 Å². The second kappa shape index (κ2) is 7.59. The number of halogens is 1. The fourth-order valence-electron chi connectivity index (χ4n) is 1.24. The summed E-state index contributed by atoms with van der Waals surface area (Å²) in [6.07, 6.45) is 0. The minimum atomic E-state index is -0.679. The molecule has 0 bridgehead atoms. The van der Waals surface area contributed by atoms with Crippen molar-refractivity contribution in [2.24, 2.45) is 5.41 Å². The van der Waals surface area contributed by atoms with E-state index in [1.807, 2.05) is 0 Å². The Bertz CT molecular complexity index is 293. The van der Waals surface area contributed by atoms with Gasteiger partial charge < -0.3 is 14.5 Å². The Kier molecular flexibility index (Phi) is 7.25. The number of alkyl halides is 1. The van der Waals surface area contributed by atoms with Crippen LogP contribution in [0.25, 0.3) is 0 Å². The maximum atomic E-state index is 12.3. The number of nitrogens with zero attached hydrogens (tertiary/aromatic N) is 2. The molecule has 2 amide bonds. The highest BCUT2D eigenvalue weighted by molar-refractivity contribution is 6.19. The number of ether oxygens (including phenoxy) is 1. The molecule has 0 aliphatic carbocycles. The van der Waals surface area contributed by atoms with Crippen molar-refractivity contribution in [1.29, 1.82) is 0 Å². The summed E-state index contributed by atoms with van der Waals surface area (Å²) in [5.74, 6) is -0.0413. The molecule has 106 valence electrons. The molecule has 0 aromatic rings. The number of hydrogen-bond acceptors (Lipinski definition) is 3. The molecule has 0 N–H and O–H groups in total. The van der Waals surface area contributed by atoms with E-state index < -0.39 is 5.41 Å². The number of carbonyl (C=O) groups is 2. The van der Waals surface area contributed by atoms with Crippen molar-refractivity contribution in [2.45, 2.75) is 13.8 Å². The first kappa shape index (κ1) is 17.2. The molecule has 0 saturated carbocycles. The van der Waals surface area contributed by atoms with Gasteiger partial charge in [0.2, 0.25) is 11.8 Å². The van der Waals surface area contributed by atoms with E-state index in [4.69, 9.17) is 16.3 Å². The summed E-state index contributed by atoms with van der Waals surface area (Å²) in [5, 5.41) is 0. The lowest BCUT2D eigenvalue weighted by Crippen LogP contribution is -2.47. The highest BCUT2D eigenvalue weighted by Crippen LogP contribution is 2.20. The second-order valence-electron chi connectivity index (χ2n) is 5.03. The van der Waals surface area contributed by atoms with E-state index in [2.05, 4.69) is 0 Å². The van der Waals surface area contributed by atoms with Gasteiger partial charge >= 0.3 is 0 Å². The predicted octanol–water partition coefficient (Wildman–Crippen LogP) is 0.815. The van der Waals surface area contributed by atoms with E-state index in [9.17, 15) is 9.59 Å². The van der Waals surface area contributed by atoms with Crippen molar-refractivity contribution in [3.8, 4) is 0 Å². The van der Waals surface area contributed by atoms with Crippen LogP contribution in [0.3, 0.4) is 0 Å².